The van der Waals surface area contributed by atoms with Crippen LogP contribution in [0, 0.1) is 6.92 Å². The van der Waals surface area contributed by atoms with Crippen molar-refractivity contribution in [1.29, 1.82) is 0 Å². The van der Waals surface area contributed by atoms with Gasteiger partial charge in [-0.2, -0.15) is 0 Å². The molecule has 0 bridgehead atoms. The minimum Gasteiger partial charge on any atom is -0.481 e. The predicted molar refractivity (Wildman–Crippen MR) is 160 cm³/mol. The molecule has 6 rings (SSSR count). The summed E-state index contributed by atoms with van der Waals surface area (Å²) in [7, 11) is 0. The third-order valence-corrected chi connectivity index (χ3v) is 9.12. The fourth-order valence-corrected chi connectivity index (χ4v) is 6.89. The Morgan fingerprint density at radius 2 is 1.85 bits per heavy atom. The fourth-order valence-electron chi connectivity index (χ4n) is 6.02. The summed E-state index contributed by atoms with van der Waals surface area (Å²) in [5.74, 6) is 0.868. The van der Waals surface area contributed by atoms with Gasteiger partial charge in [0.05, 0.1) is 24.4 Å². The predicted octanol–water partition coefficient (Wildman–Crippen LogP) is 3.94. The van der Waals surface area contributed by atoms with Crippen molar-refractivity contribution in [3.63, 3.8) is 0 Å². The van der Waals surface area contributed by atoms with Crippen LogP contribution >= 0.6 is 11.3 Å². The Morgan fingerprint density at radius 3 is 2.70 bits per heavy atom. The number of thiazole rings is 1. The van der Waals surface area contributed by atoms with Crippen LogP contribution in [-0.4, -0.2) is 97.9 Å². The summed E-state index contributed by atoms with van der Waals surface area (Å²) in [6.45, 7) is 11.8. The molecule has 2 aromatic heterocycles. The van der Waals surface area contributed by atoms with Gasteiger partial charge < -0.3 is 24.2 Å². The second kappa shape index (κ2) is 12.7. The Bertz CT molecular complexity index is 1300. The molecule has 1 aromatic carbocycles. The fraction of sp³-hybridized carbons (Fsp3) is 0.567. The first kappa shape index (κ1) is 27.2. The quantitative estimate of drug-likeness (QED) is 0.427. The van der Waals surface area contributed by atoms with Crippen molar-refractivity contribution in [3.8, 4) is 5.75 Å². The Hall–Kier alpha value is -2.95. The first-order valence-electron chi connectivity index (χ1n) is 14.7. The lowest BCUT2D eigenvalue weighted by atomic mass is 10.1. The molecule has 0 spiro atoms. The first-order valence-corrected chi connectivity index (χ1v) is 15.6. The number of pyridine rings is 1. The smallest absolute Gasteiger partial charge is 0.260 e. The van der Waals surface area contributed by atoms with Crippen molar-refractivity contribution >= 4 is 39.0 Å². The van der Waals surface area contributed by atoms with Crippen molar-refractivity contribution in [1.82, 2.24) is 19.8 Å². The van der Waals surface area contributed by atoms with Gasteiger partial charge in [-0.25, -0.2) is 4.98 Å². The maximum absolute atomic E-state index is 13.0. The number of ether oxygens (including phenoxy) is 2. The largest absolute Gasteiger partial charge is 0.481 e. The average molecular weight is 565 g/mol. The molecule has 3 aromatic rings. The van der Waals surface area contributed by atoms with Crippen molar-refractivity contribution in [2.45, 2.75) is 39.2 Å². The van der Waals surface area contributed by atoms with Crippen LogP contribution in [0.15, 0.2) is 29.8 Å². The highest BCUT2D eigenvalue weighted by atomic mass is 32.1. The zero-order valence-corrected chi connectivity index (χ0v) is 24.3. The van der Waals surface area contributed by atoms with E-state index in [-0.39, 0.29) is 12.5 Å². The Labute approximate surface area is 240 Å². The van der Waals surface area contributed by atoms with E-state index in [1.54, 1.807) is 11.3 Å². The van der Waals surface area contributed by atoms with Gasteiger partial charge in [0.15, 0.2) is 11.7 Å². The molecule has 9 nitrogen and oxygen atoms in total. The minimum atomic E-state index is 0.0709. The van der Waals surface area contributed by atoms with Crippen LogP contribution in [0.5, 0.6) is 5.75 Å². The Morgan fingerprint density at radius 1 is 1.00 bits per heavy atom. The highest BCUT2D eigenvalue weighted by molar-refractivity contribution is 7.13. The molecule has 0 saturated carbocycles. The highest BCUT2D eigenvalue weighted by Gasteiger charge is 2.25. The molecule has 5 heterocycles. The number of benzene rings is 1. The number of fused-ring (bicyclic) bond motifs is 1. The van der Waals surface area contributed by atoms with Gasteiger partial charge in [-0.1, -0.05) is 6.07 Å². The molecule has 214 valence electrons. The monoisotopic (exact) mass is 564 g/mol. The third kappa shape index (κ3) is 6.19. The first-order chi connectivity index (χ1) is 19.7. The summed E-state index contributed by atoms with van der Waals surface area (Å²) in [4.78, 5) is 31.9. The standard InChI is InChI=1S/C30H40N6O3S/c1-23-19-24-7-5-8-31-27(24)28(29(23)39-21-26(37)34-10-3-2-4-11-34)35-12-6-9-33(13-14-35)20-25-22-40-30(32-25)36-15-17-38-18-16-36/h5,7-8,19,22H,2-4,6,9-18,20-21H2,1H3. The number of anilines is 2. The summed E-state index contributed by atoms with van der Waals surface area (Å²) in [5.41, 5.74) is 4.15. The van der Waals surface area contributed by atoms with E-state index < -0.39 is 0 Å². The van der Waals surface area contributed by atoms with Crippen LogP contribution in [-0.2, 0) is 16.1 Å². The maximum atomic E-state index is 13.0. The second-order valence-electron chi connectivity index (χ2n) is 11.0. The van der Waals surface area contributed by atoms with Gasteiger partial charge >= 0.3 is 0 Å². The Kier molecular flexibility index (Phi) is 8.65. The molecule has 0 unspecified atom stereocenters. The maximum Gasteiger partial charge on any atom is 0.260 e. The minimum absolute atomic E-state index is 0.0709. The lowest BCUT2D eigenvalue weighted by Crippen LogP contribution is -2.38. The van der Waals surface area contributed by atoms with E-state index in [4.69, 9.17) is 19.4 Å². The molecule has 0 N–H and O–H groups in total. The number of nitrogens with zero attached hydrogens (tertiary/aromatic N) is 6. The zero-order valence-electron chi connectivity index (χ0n) is 23.5. The lowest BCUT2D eigenvalue weighted by Gasteiger charge is -2.29. The van der Waals surface area contributed by atoms with E-state index in [0.29, 0.717) is 0 Å². The third-order valence-electron chi connectivity index (χ3n) is 8.17. The molecule has 40 heavy (non-hydrogen) atoms. The van der Waals surface area contributed by atoms with Crippen LogP contribution in [0.2, 0.25) is 0 Å². The summed E-state index contributed by atoms with van der Waals surface area (Å²) in [5, 5.41) is 4.41. The molecule has 10 heteroatoms. The van der Waals surface area contributed by atoms with Crippen molar-refractivity contribution < 1.29 is 14.3 Å². The van der Waals surface area contributed by atoms with E-state index in [1.807, 2.05) is 17.2 Å². The van der Waals surface area contributed by atoms with Gasteiger partial charge in [-0.05, 0) is 50.3 Å². The highest BCUT2D eigenvalue weighted by Crippen LogP contribution is 2.39. The molecule has 3 aliphatic heterocycles. The SMILES string of the molecule is Cc1cc2cccnc2c(N2CCCN(Cc3csc(N4CCOCC4)n3)CC2)c1OCC(=O)N1CCCCC1. The summed E-state index contributed by atoms with van der Waals surface area (Å²) in [6.07, 6.45) is 6.25. The van der Waals surface area contributed by atoms with Crippen molar-refractivity contribution in [3.05, 3.63) is 41.0 Å². The number of aryl methyl sites for hydroxylation is 1. The lowest BCUT2D eigenvalue weighted by molar-refractivity contribution is -0.134. The van der Waals surface area contributed by atoms with E-state index in [2.05, 4.69) is 39.1 Å². The summed E-state index contributed by atoms with van der Waals surface area (Å²) < 4.78 is 11.9. The van der Waals surface area contributed by atoms with E-state index in [1.165, 1.54) is 6.42 Å². The van der Waals surface area contributed by atoms with E-state index in [0.717, 1.165) is 130 Å². The average Bonchev–Trinajstić information content (AvgIpc) is 3.34. The van der Waals surface area contributed by atoms with Gasteiger partial charge in [0.2, 0.25) is 0 Å². The van der Waals surface area contributed by atoms with Crippen LogP contribution in [0.1, 0.15) is 36.9 Å². The van der Waals surface area contributed by atoms with Gasteiger partial charge in [0.1, 0.15) is 11.4 Å². The van der Waals surface area contributed by atoms with Crippen LogP contribution in [0.25, 0.3) is 10.9 Å². The van der Waals surface area contributed by atoms with Crippen molar-refractivity contribution in [2.75, 3.05) is 82.0 Å². The van der Waals surface area contributed by atoms with Crippen LogP contribution in [0.4, 0.5) is 10.8 Å². The number of piperidine rings is 1. The molecule has 0 aliphatic carbocycles. The molecule has 1 amide bonds. The molecular formula is C30H40N6O3S. The van der Waals surface area contributed by atoms with Gasteiger partial charge in [0.25, 0.3) is 5.91 Å². The van der Waals surface area contributed by atoms with E-state index in [9.17, 15) is 4.79 Å². The molecule has 3 aliphatic rings. The second-order valence-corrected chi connectivity index (χ2v) is 11.9. The number of morpholine rings is 1. The number of amides is 1. The van der Waals surface area contributed by atoms with Crippen LogP contribution in [0.3, 0.4) is 0 Å². The molecule has 0 radical (unpaired) electrons. The van der Waals surface area contributed by atoms with E-state index >= 15 is 0 Å². The normalized spacial score (nSPS) is 19.2. The van der Waals surface area contributed by atoms with Gasteiger partial charge in [-0.3, -0.25) is 14.7 Å². The molecule has 3 saturated heterocycles. The zero-order chi connectivity index (χ0) is 27.3. The molecule has 0 atom stereocenters. The number of rotatable bonds is 7. The van der Waals surface area contributed by atoms with Crippen molar-refractivity contribution in [2.24, 2.45) is 0 Å². The number of hydrogen-bond acceptors (Lipinski definition) is 9. The van der Waals surface area contributed by atoms with Gasteiger partial charge in [0, 0.05) is 75.9 Å². The summed E-state index contributed by atoms with van der Waals surface area (Å²) >= 11 is 1.74. The van der Waals surface area contributed by atoms with Crippen LogP contribution < -0.4 is 14.5 Å². The number of likely N-dealkylation sites (tertiary alicyclic amines) is 1. The Balaban J connectivity index is 1.17. The van der Waals surface area contributed by atoms with Gasteiger partial charge in [-0.15, -0.1) is 11.3 Å². The topological polar surface area (TPSA) is 74.3 Å². The number of hydrogen-bond donors (Lipinski definition) is 0. The number of carbonyl (C=O) groups is 1. The number of aromatic nitrogens is 2. The molecule has 3 fully saturated rings. The summed E-state index contributed by atoms with van der Waals surface area (Å²) in [6, 6.07) is 6.22. The number of carbonyl (C=O) groups excluding carboxylic acids is 1. The molecular weight excluding hydrogens is 524 g/mol.